The smallest absolute Gasteiger partial charge is 0.0469 e. The van der Waals surface area contributed by atoms with Crippen LogP contribution in [0.5, 0.6) is 0 Å². The molecule has 18 heavy (non-hydrogen) atoms. The van der Waals surface area contributed by atoms with Crippen molar-refractivity contribution in [3.8, 4) is 0 Å². The lowest BCUT2D eigenvalue weighted by atomic mass is 9.95. The number of hydrogen-bond acceptors (Lipinski definition) is 1. The van der Waals surface area contributed by atoms with Crippen molar-refractivity contribution in [3.63, 3.8) is 0 Å². The molecule has 0 radical (unpaired) electrons. The molecule has 0 saturated carbocycles. The van der Waals surface area contributed by atoms with Crippen LogP contribution < -0.4 is 0 Å². The molecule has 0 N–H and O–H groups in total. The van der Waals surface area contributed by atoms with Crippen LogP contribution in [0.3, 0.4) is 0 Å². The zero-order valence-corrected chi connectivity index (χ0v) is 13.2. The number of halogens is 1. The van der Waals surface area contributed by atoms with E-state index in [9.17, 15) is 0 Å². The highest BCUT2D eigenvalue weighted by Gasteiger charge is 2.09. The van der Waals surface area contributed by atoms with Gasteiger partial charge in [-0.05, 0) is 43.2 Å². The van der Waals surface area contributed by atoms with Crippen LogP contribution in [0.1, 0.15) is 37.3 Å². The first kappa shape index (κ1) is 15.7. The van der Waals surface area contributed by atoms with Crippen LogP contribution in [-0.4, -0.2) is 18.5 Å². The van der Waals surface area contributed by atoms with Crippen molar-refractivity contribution >= 4 is 15.9 Å². The van der Waals surface area contributed by atoms with Gasteiger partial charge in [-0.25, -0.2) is 0 Å². The van der Waals surface area contributed by atoms with E-state index in [2.05, 4.69) is 54.0 Å². The van der Waals surface area contributed by atoms with E-state index in [1.807, 2.05) is 0 Å². The second-order valence-corrected chi connectivity index (χ2v) is 5.55. The van der Waals surface area contributed by atoms with Gasteiger partial charge in [0, 0.05) is 18.5 Å². The van der Waals surface area contributed by atoms with Crippen LogP contribution >= 0.6 is 15.9 Å². The summed E-state index contributed by atoms with van der Waals surface area (Å²) in [6.07, 6.45) is 4.68. The van der Waals surface area contributed by atoms with E-state index >= 15 is 0 Å². The molecule has 2 heteroatoms. The van der Waals surface area contributed by atoms with E-state index in [1.165, 1.54) is 24.0 Å². The zero-order chi connectivity index (χ0) is 13.2. The summed E-state index contributed by atoms with van der Waals surface area (Å²) in [7, 11) is 0. The fourth-order valence-corrected chi connectivity index (χ4v) is 2.54. The predicted octanol–water partition coefficient (Wildman–Crippen LogP) is 4.76. The minimum absolute atomic E-state index is 0.674. The van der Waals surface area contributed by atoms with E-state index in [0.29, 0.717) is 5.92 Å². The monoisotopic (exact) mass is 312 g/mol. The summed E-state index contributed by atoms with van der Waals surface area (Å²) in [5.74, 6) is 0.674. The summed E-state index contributed by atoms with van der Waals surface area (Å²) >= 11 is 3.63. The molecule has 0 fully saturated rings. The maximum absolute atomic E-state index is 5.65. The molecule has 1 atom stereocenters. The number of alkyl halides is 1. The highest BCUT2D eigenvalue weighted by molar-refractivity contribution is 9.09. The summed E-state index contributed by atoms with van der Waals surface area (Å²) in [4.78, 5) is 0. The first-order valence-corrected chi connectivity index (χ1v) is 8.08. The van der Waals surface area contributed by atoms with Crippen LogP contribution in [0.2, 0.25) is 0 Å². The SMILES string of the molecule is CCCCOCCC(CBr)Cc1ccccc1C. The normalized spacial score (nSPS) is 12.6. The Morgan fingerprint density at radius 1 is 1.22 bits per heavy atom. The molecule has 1 unspecified atom stereocenters. The van der Waals surface area contributed by atoms with Crippen molar-refractivity contribution < 1.29 is 4.74 Å². The van der Waals surface area contributed by atoms with Crippen molar-refractivity contribution in [1.82, 2.24) is 0 Å². The average molecular weight is 313 g/mol. The molecule has 0 bridgehead atoms. The Hall–Kier alpha value is -0.340. The summed E-state index contributed by atoms with van der Waals surface area (Å²) in [6.45, 7) is 6.19. The Morgan fingerprint density at radius 3 is 2.67 bits per heavy atom. The zero-order valence-electron chi connectivity index (χ0n) is 11.6. The summed E-state index contributed by atoms with van der Waals surface area (Å²) in [5.41, 5.74) is 2.87. The third-order valence-corrected chi connectivity index (χ3v) is 4.22. The Labute approximate surface area is 120 Å². The van der Waals surface area contributed by atoms with Gasteiger partial charge in [-0.3, -0.25) is 0 Å². The number of rotatable bonds is 9. The first-order valence-electron chi connectivity index (χ1n) is 6.96. The van der Waals surface area contributed by atoms with E-state index in [4.69, 9.17) is 4.74 Å². The molecule has 0 aliphatic heterocycles. The third-order valence-electron chi connectivity index (χ3n) is 3.30. The van der Waals surface area contributed by atoms with Crippen molar-refractivity contribution in [1.29, 1.82) is 0 Å². The maximum atomic E-state index is 5.65. The van der Waals surface area contributed by atoms with Gasteiger partial charge in [-0.1, -0.05) is 53.5 Å². The lowest BCUT2D eigenvalue weighted by Crippen LogP contribution is -2.11. The topological polar surface area (TPSA) is 9.23 Å². The van der Waals surface area contributed by atoms with Crippen LogP contribution in [0.4, 0.5) is 0 Å². The van der Waals surface area contributed by atoms with E-state index in [1.54, 1.807) is 0 Å². The fraction of sp³-hybridized carbons (Fsp3) is 0.625. The number of aryl methyl sites for hydroxylation is 1. The second kappa shape index (κ2) is 9.57. The van der Waals surface area contributed by atoms with Gasteiger partial charge >= 0.3 is 0 Å². The molecule has 1 aromatic rings. The standard InChI is InChI=1S/C16H25BrO/c1-3-4-10-18-11-9-15(13-17)12-16-8-6-5-7-14(16)2/h5-8,15H,3-4,9-13H2,1-2H3. The van der Waals surface area contributed by atoms with Gasteiger partial charge in [0.25, 0.3) is 0 Å². The van der Waals surface area contributed by atoms with Crippen LogP contribution in [-0.2, 0) is 11.2 Å². The molecule has 0 aliphatic carbocycles. The van der Waals surface area contributed by atoms with Gasteiger partial charge in [-0.15, -0.1) is 0 Å². The van der Waals surface area contributed by atoms with Gasteiger partial charge in [0.05, 0.1) is 0 Å². The van der Waals surface area contributed by atoms with E-state index in [0.717, 1.165) is 31.4 Å². The van der Waals surface area contributed by atoms with Gasteiger partial charge in [-0.2, -0.15) is 0 Å². The minimum atomic E-state index is 0.674. The molecule has 0 heterocycles. The minimum Gasteiger partial charge on any atom is -0.381 e. The van der Waals surface area contributed by atoms with Crippen molar-refractivity contribution in [2.75, 3.05) is 18.5 Å². The molecule has 0 aromatic heterocycles. The van der Waals surface area contributed by atoms with Crippen molar-refractivity contribution in [3.05, 3.63) is 35.4 Å². The molecule has 1 aromatic carbocycles. The van der Waals surface area contributed by atoms with Gasteiger partial charge in [0.2, 0.25) is 0 Å². The lowest BCUT2D eigenvalue weighted by Gasteiger charge is -2.15. The van der Waals surface area contributed by atoms with Crippen LogP contribution in [0, 0.1) is 12.8 Å². The molecule has 0 aliphatic rings. The van der Waals surface area contributed by atoms with Gasteiger partial charge in [0.1, 0.15) is 0 Å². The second-order valence-electron chi connectivity index (χ2n) is 4.91. The van der Waals surface area contributed by atoms with Gasteiger partial charge < -0.3 is 4.74 Å². The quantitative estimate of drug-likeness (QED) is 0.472. The average Bonchev–Trinajstić information content (AvgIpc) is 2.39. The Bertz CT molecular complexity index is 325. The summed E-state index contributed by atoms with van der Waals surface area (Å²) < 4.78 is 5.65. The summed E-state index contributed by atoms with van der Waals surface area (Å²) in [6, 6.07) is 8.67. The third kappa shape index (κ3) is 6.01. The molecular formula is C16H25BrO. The van der Waals surface area contributed by atoms with Crippen LogP contribution in [0.15, 0.2) is 24.3 Å². The van der Waals surface area contributed by atoms with E-state index in [-0.39, 0.29) is 0 Å². The lowest BCUT2D eigenvalue weighted by molar-refractivity contribution is 0.120. The molecule has 102 valence electrons. The van der Waals surface area contributed by atoms with Crippen molar-refractivity contribution in [2.45, 2.75) is 39.5 Å². The van der Waals surface area contributed by atoms with Crippen LogP contribution in [0.25, 0.3) is 0 Å². The first-order chi connectivity index (χ1) is 8.77. The predicted molar refractivity (Wildman–Crippen MR) is 82.5 cm³/mol. The maximum Gasteiger partial charge on any atom is 0.0469 e. The highest BCUT2D eigenvalue weighted by atomic mass is 79.9. The number of unbranched alkanes of at least 4 members (excludes halogenated alkanes) is 1. The molecule has 0 amide bonds. The Balaban J connectivity index is 2.31. The molecular weight excluding hydrogens is 288 g/mol. The van der Waals surface area contributed by atoms with Crippen molar-refractivity contribution in [2.24, 2.45) is 5.92 Å². The highest BCUT2D eigenvalue weighted by Crippen LogP contribution is 2.17. The summed E-state index contributed by atoms with van der Waals surface area (Å²) in [5, 5.41) is 1.05. The van der Waals surface area contributed by atoms with Gasteiger partial charge in [0.15, 0.2) is 0 Å². The molecule has 1 rings (SSSR count). The number of hydrogen-bond donors (Lipinski definition) is 0. The fourth-order valence-electron chi connectivity index (χ4n) is 1.98. The Morgan fingerprint density at radius 2 is 2.00 bits per heavy atom. The Kier molecular flexibility index (Phi) is 8.36. The number of benzene rings is 1. The largest absolute Gasteiger partial charge is 0.381 e. The molecule has 0 saturated heterocycles. The molecule has 1 nitrogen and oxygen atoms in total. The van der Waals surface area contributed by atoms with E-state index < -0.39 is 0 Å². The molecule has 0 spiro atoms. The number of ether oxygens (including phenoxy) is 1.